The summed E-state index contributed by atoms with van der Waals surface area (Å²) in [7, 11) is 0.208. The molecule has 0 aliphatic heterocycles. The summed E-state index contributed by atoms with van der Waals surface area (Å²) >= 11 is 0. The zero-order chi connectivity index (χ0) is 23.3. The number of carbonyl (C=O) groups is 1. The van der Waals surface area contributed by atoms with Gasteiger partial charge >= 0.3 is 0 Å². The summed E-state index contributed by atoms with van der Waals surface area (Å²) in [6, 6.07) is 19.5. The standard InChI is InChI=1S/C25H29N3O3S/c1-18-9-10-19(2)24(17-18)32(30,31)27-23-8-6-5-7-22(23)25(29)26-21-13-11-20(12-14-21)15-16-28(3)4/h5-14,17,27H,15-16H2,1-4H3,(H,26,29). The van der Waals surface area contributed by atoms with Gasteiger partial charge in [0.15, 0.2) is 0 Å². The monoisotopic (exact) mass is 451 g/mol. The first-order valence-electron chi connectivity index (χ1n) is 10.4. The number of nitrogens with one attached hydrogen (secondary N) is 2. The molecule has 1 amide bonds. The van der Waals surface area contributed by atoms with Crippen molar-refractivity contribution in [3.05, 3.63) is 89.0 Å². The highest BCUT2D eigenvalue weighted by Crippen LogP contribution is 2.24. The molecule has 0 unspecified atom stereocenters. The fraction of sp³-hybridized carbons (Fsp3) is 0.240. The van der Waals surface area contributed by atoms with E-state index < -0.39 is 10.0 Å². The molecule has 7 heteroatoms. The van der Waals surface area contributed by atoms with Gasteiger partial charge in [0, 0.05) is 12.2 Å². The van der Waals surface area contributed by atoms with Crippen molar-refractivity contribution in [2.24, 2.45) is 0 Å². The number of likely N-dealkylation sites (N-methyl/N-ethyl adjacent to an activating group) is 1. The van der Waals surface area contributed by atoms with Gasteiger partial charge in [-0.1, -0.05) is 36.4 Å². The Bertz CT molecular complexity index is 1200. The van der Waals surface area contributed by atoms with Gasteiger partial charge in [-0.25, -0.2) is 8.42 Å². The molecule has 3 aromatic rings. The van der Waals surface area contributed by atoms with Crippen molar-refractivity contribution < 1.29 is 13.2 Å². The van der Waals surface area contributed by atoms with E-state index in [9.17, 15) is 13.2 Å². The van der Waals surface area contributed by atoms with Crippen LogP contribution in [0.25, 0.3) is 0 Å². The largest absolute Gasteiger partial charge is 0.322 e. The minimum Gasteiger partial charge on any atom is -0.322 e. The van der Waals surface area contributed by atoms with Gasteiger partial charge in [-0.15, -0.1) is 0 Å². The third-order valence-electron chi connectivity index (χ3n) is 5.11. The third kappa shape index (κ3) is 5.96. The van der Waals surface area contributed by atoms with Crippen molar-refractivity contribution in [1.82, 2.24) is 4.90 Å². The SMILES string of the molecule is Cc1ccc(C)c(S(=O)(=O)Nc2ccccc2C(=O)Nc2ccc(CCN(C)C)cc2)c1. The Morgan fingerprint density at radius 2 is 1.62 bits per heavy atom. The molecule has 0 atom stereocenters. The molecule has 168 valence electrons. The van der Waals surface area contributed by atoms with Gasteiger partial charge in [-0.05, 0) is 81.4 Å². The van der Waals surface area contributed by atoms with Crippen molar-refractivity contribution in [2.45, 2.75) is 25.2 Å². The molecule has 3 aromatic carbocycles. The average molecular weight is 452 g/mol. The Balaban J connectivity index is 1.79. The second-order valence-electron chi connectivity index (χ2n) is 8.12. The van der Waals surface area contributed by atoms with E-state index in [2.05, 4.69) is 14.9 Å². The quantitative estimate of drug-likeness (QED) is 0.530. The Hall–Kier alpha value is -3.16. The number of hydrogen-bond donors (Lipinski definition) is 2. The van der Waals surface area contributed by atoms with Crippen LogP contribution in [-0.4, -0.2) is 39.9 Å². The first-order chi connectivity index (χ1) is 15.2. The molecule has 0 bridgehead atoms. The number of para-hydroxylation sites is 1. The summed E-state index contributed by atoms with van der Waals surface area (Å²) in [5.74, 6) is -0.384. The first kappa shape index (κ1) is 23.5. The summed E-state index contributed by atoms with van der Waals surface area (Å²) in [6.07, 6.45) is 0.921. The number of amides is 1. The van der Waals surface area contributed by atoms with E-state index in [4.69, 9.17) is 0 Å². The maximum atomic E-state index is 13.0. The van der Waals surface area contributed by atoms with E-state index in [0.717, 1.165) is 18.5 Å². The van der Waals surface area contributed by atoms with Gasteiger partial charge in [-0.2, -0.15) is 0 Å². The fourth-order valence-electron chi connectivity index (χ4n) is 3.27. The van der Waals surface area contributed by atoms with Crippen LogP contribution in [-0.2, 0) is 16.4 Å². The number of benzene rings is 3. The molecule has 0 spiro atoms. The number of nitrogens with zero attached hydrogens (tertiary/aromatic N) is 1. The maximum absolute atomic E-state index is 13.0. The Labute approximate surface area is 190 Å². The second kappa shape index (κ2) is 9.97. The van der Waals surface area contributed by atoms with Gasteiger partial charge in [0.25, 0.3) is 15.9 Å². The van der Waals surface area contributed by atoms with E-state index in [1.165, 1.54) is 5.56 Å². The van der Waals surface area contributed by atoms with Gasteiger partial charge < -0.3 is 10.2 Å². The fourth-order valence-corrected chi connectivity index (χ4v) is 4.68. The molecule has 2 N–H and O–H groups in total. The molecule has 0 aromatic heterocycles. The number of carbonyl (C=O) groups excluding carboxylic acids is 1. The lowest BCUT2D eigenvalue weighted by Gasteiger charge is -2.15. The molecule has 0 fully saturated rings. The van der Waals surface area contributed by atoms with Crippen molar-refractivity contribution in [3.8, 4) is 0 Å². The summed E-state index contributed by atoms with van der Waals surface area (Å²) in [5, 5.41) is 2.85. The lowest BCUT2D eigenvalue weighted by Crippen LogP contribution is -2.19. The van der Waals surface area contributed by atoms with Gasteiger partial charge in [0.05, 0.1) is 16.1 Å². The summed E-state index contributed by atoms with van der Waals surface area (Å²) < 4.78 is 28.6. The van der Waals surface area contributed by atoms with Crippen molar-refractivity contribution in [2.75, 3.05) is 30.7 Å². The van der Waals surface area contributed by atoms with Crippen LogP contribution in [0.1, 0.15) is 27.0 Å². The average Bonchev–Trinajstić information content (AvgIpc) is 2.75. The maximum Gasteiger partial charge on any atom is 0.262 e. The Morgan fingerprint density at radius 1 is 0.938 bits per heavy atom. The number of hydrogen-bond acceptors (Lipinski definition) is 4. The van der Waals surface area contributed by atoms with Crippen LogP contribution in [0, 0.1) is 13.8 Å². The second-order valence-corrected chi connectivity index (χ2v) is 9.78. The minimum absolute atomic E-state index is 0.195. The lowest BCUT2D eigenvalue weighted by atomic mass is 10.1. The summed E-state index contributed by atoms with van der Waals surface area (Å²) in [4.78, 5) is 15.2. The number of anilines is 2. The lowest BCUT2D eigenvalue weighted by molar-refractivity contribution is 0.102. The number of sulfonamides is 1. The summed E-state index contributed by atoms with van der Waals surface area (Å²) in [6.45, 7) is 4.53. The topological polar surface area (TPSA) is 78.5 Å². The first-order valence-corrected chi connectivity index (χ1v) is 11.9. The highest BCUT2D eigenvalue weighted by molar-refractivity contribution is 7.92. The van der Waals surface area contributed by atoms with E-state index in [1.807, 2.05) is 51.4 Å². The molecule has 6 nitrogen and oxygen atoms in total. The van der Waals surface area contributed by atoms with Crippen LogP contribution < -0.4 is 10.0 Å². The van der Waals surface area contributed by atoms with E-state index in [0.29, 0.717) is 11.3 Å². The normalized spacial score (nSPS) is 11.4. The van der Waals surface area contributed by atoms with Crippen LogP contribution in [0.15, 0.2) is 71.6 Å². The van der Waals surface area contributed by atoms with Crippen LogP contribution in [0.3, 0.4) is 0 Å². The predicted octanol–water partition coefficient (Wildman–Crippen LogP) is 4.46. The minimum atomic E-state index is -3.85. The summed E-state index contributed by atoms with van der Waals surface area (Å²) in [5.41, 5.74) is 3.79. The zero-order valence-corrected chi connectivity index (χ0v) is 19.7. The molecule has 0 radical (unpaired) electrons. The molecule has 3 rings (SSSR count). The van der Waals surface area contributed by atoms with E-state index in [-0.39, 0.29) is 22.1 Å². The van der Waals surface area contributed by atoms with E-state index in [1.54, 1.807) is 43.3 Å². The van der Waals surface area contributed by atoms with Crippen molar-refractivity contribution >= 4 is 27.3 Å². The van der Waals surface area contributed by atoms with Crippen LogP contribution in [0.4, 0.5) is 11.4 Å². The third-order valence-corrected chi connectivity index (χ3v) is 6.62. The van der Waals surface area contributed by atoms with Crippen LogP contribution in [0.5, 0.6) is 0 Å². The highest BCUT2D eigenvalue weighted by atomic mass is 32.2. The van der Waals surface area contributed by atoms with Crippen LogP contribution in [0.2, 0.25) is 0 Å². The van der Waals surface area contributed by atoms with Crippen LogP contribution >= 0.6 is 0 Å². The highest BCUT2D eigenvalue weighted by Gasteiger charge is 2.20. The van der Waals surface area contributed by atoms with E-state index >= 15 is 0 Å². The molecule has 0 aliphatic carbocycles. The predicted molar refractivity (Wildman–Crippen MR) is 130 cm³/mol. The Morgan fingerprint density at radius 3 is 2.31 bits per heavy atom. The molecule has 32 heavy (non-hydrogen) atoms. The smallest absolute Gasteiger partial charge is 0.262 e. The van der Waals surface area contributed by atoms with Crippen molar-refractivity contribution in [1.29, 1.82) is 0 Å². The molecule has 0 heterocycles. The van der Waals surface area contributed by atoms with Gasteiger partial charge in [0.2, 0.25) is 0 Å². The molecule has 0 aliphatic rings. The van der Waals surface area contributed by atoms with Gasteiger partial charge in [0.1, 0.15) is 0 Å². The molecule has 0 saturated heterocycles. The number of rotatable bonds is 8. The zero-order valence-electron chi connectivity index (χ0n) is 18.8. The molecule has 0 saturated carbocycles. The van der Waals surface area contributed by atoms with Gasteiger partial charge in [-0.3, -0.25) is 9.52 Å². The molecular formula is C25H29N3O3S. The molecular weight excluding hydrogens is 422 g/mol. The number of aryl methyl sites for hydroxylation is 2. The van der Waals surface area contributed by atoms with Crippen molar-refractivity contribution in [3.63, 3.8) is 0 Å². The Kier molecular flexibility index (Phi) is 7.33.